The lowest BCUT2D eigenvalue weighted by Crippen LogP contribution is -2.30. The van der Waals surface area contributed by atoms with Crippen molar-refractivity contribution in [3.8, 4) is 0 Å². The van der Waals surface area contributed by atoms with Crippen LogP contribution >= 0.6 is 0 Å². The Kier molecular flexibility index (Phi) is 13.8. The van der Waals surface area contributed by atoms with Gasteiger partial charge in [0, 0.05) is 31.9 Å². The van der Waals surface area contributed by atoms with E-state index in [0.29, 0.717) is 0 Å². The summed E-state index contributed by atoms with van der Waals surface area (Å²) in [7, 11) is 8.27. The molecule has 0 bridgehead atoms. The first-order chi connectivity index (χ1) is 17.3. The first kappa shape index (κ1) is 33.0. The fraction of sp³-hybridized carbons (Fsp3) is 0.179. The van der Waals surface area contributed by atoms with E-state index in [4.69, 9.17) is 39.6 Å². The monoisotopic (exact) mass is 524 g/mol. The topological polar surface area (TPSA) is 158 Å². The van der Waals surface area contributed by atoms with Crippen LogP contribution in [0.15, 0.2) is 84.5 Å². The van der Waals surface area contributed by atoms with Crippen molar-refractivity contribution in [3.05, 3.63) is 95.6 Å². The Morgan fingerprint density at radius 1 is 0.711 bits per heavy atom. The molecule has 10 heteroatoms. The molecule has 1 aliphatic carbocycles. The highest BCUT2D eigenvalue weighted by Crippen LogP contribution is 2.30. The highest BCUT2D eigenvalue weighted by molar-refractivity contribution is 6.27. The van der Waals surface area contributed by atoms with E-state index >= 15 is 0 Å². The molecular formula is C28H32N2O8. The van der Waals surface area contributed by atoms with Crippen LogP contribution in [0.25, 0.3) is 5.57 Å². The second kappa shape index (κ2) is 15.9. The van der Waals surface area contributed by atoms with Crippen LogP contribution in [-0.2, 0) is 19.2 Å². The minimum absolute atomic E-state index is 0. The van der Waals surface area contributed by atoms with Crippen LogP contribution in [-0.4, -0.2) is 77.7 Å². The second-order valence-corrected chi connectivity index (χ2v) is 7.83. The lowest BCUT2D eigenvalue weighted by atomic mass is 9.90. The molecule has 1 aliphatic rings. The lowest BCUT2D eigenvalue weighted by Gasteiger charge is -2.16. The molecule has 0 heterocycles. The zero-order valence-corrected chi connectivity index (χ0v) is 20.8. The Morgan fingerprint density at radius 2 is 1.13 bits per heavy atom. The first-order valence-corrected chi connectivity index (χ1v) is 10.7. The number of hydrogen-bond acceptors (Lipinski definition) is 6. The van der Waals surface area contributed by atoms with Crippen molar-refractivity contribution >= 4 is 40.8 Å². The molecule has 202 valence electrons. The van der Waals surface area contributed by atoms with Crippen molar-refractivity contribution in [1.29, 1.82) is 0 Å². The normalized spacial score (nSPS) is 10.9. The first-order valence-electron chi connectivity index (χ1n) is 10.7. The maximum Gasteiger partial charge on any atom is 0.414 e. The van der Waals surface area contributed by atoms with Crippen LogP contribution in [0.2, 0.25) is 0 Å². The molecule has 38 heavy (non-hydrogen) atoms. The Hall–Kier alpha value is -4.99. The average Bonchev–Trinajstić information content (AvgIpc) is 2.86. The number of allylic oxidation sites excluding steroid dienone is 5. The molecule has 0 fully saturated rings. The number of nitrogens with zero attached hydrogens (tertiary/aromatic N) is 2. The lowest BCUT2D eigenvalue weighted by molar-refractivity contribution is -0.462. The van der Waals surface area contributed by atoms with Crippen LogP contribution < -0.4 is 10.0 Å². The molecule has 0 atom stereocenters. The maximum absolute atomic E-state index is 9.10. The molecule has 0 radical (unpaired) electrons. The molecular weight excluding hydrogens is 492 g/mol. The molecule has 0 spiro atoms. The highest BCUT2D eigenvalue weighted by atomic mass is 16.4. The van der Waals surface area contributed by atoms with E-state index in [-0.39, 0.29) is 7.43 Å². The number of carboxylic acids is 4. The van der Waals surface area contributed by atoms with Crippen LogP contribution in [0.4, 0.5) is 5.69 Å². The molecule has 0 aromatic heterocycles. The van der Waals surface area contributed by atoms with Gasteiger partial charge in [-0.2, -0.15) is 0 Å². The molecule has 3 N–H and O–H groups in total. The number of rotatable bonds is 3. The van der Waals surface area contributed by atoms with Gasteiger partial charge in [-0.3, -0.25) is 0 Å². The van der Waals surface area contributed by atoms with E-state index in [2.05, 4.69) is 117 Å². The zero-order valence-electron chi connectivity index (χ0n) is 20.8. The summed E-state index contributed by atoms with van der Waals surface area (Å²) in [5.74, 6) is -7.66. The van der Waals surface area contributed by atoms with Gasteiger partial charge in [0.25, 0.3) is 0 Å². The van der Waals surface area contributed by atoms with Gasteiger partial charge in [0.15, 0.2) is 11.7 Å². The smallest absolute Gasteiger partial charge is 0.414 e. The Balaban J connectivity index is 0.000000884. The molecule has 2 aromatic carbocycles. The number of aliphatic carboxylic acids is 4. The Labute approximate surface area is 221 Å². The third kappa shape index (κ3) is 10.7. The fourth-order valence-electron chi connectivity index (χ4n) is 2.96. The minimum Gasteiger partial charge on any atom is -0.539 e. The summed E-state index contributed by atoms with van der Waals surface area (Å²) in [6, 6.07) is 19.4. The number of carboxylic acid groups (broad SMARTS) is 4. The highest BCUT2D eigenvalue weighted by Gasteiger charge is 2.13. The van der Waals surface area contributed by atoms with E-state index in [1.54, 1.807) is 0 Å². The van der Waals surface area contributed by atoms with Gasteiger partial charge >= 0.3 is 17.9 Å². The van der Waals surface area contributed by atoms with Gasteiger partial charge in [-0.1, -0.05) is 49.9 Å². The van der Waals surface area contributed by atoms with Gasteiger partial charge < -0.3 is 30.1 Å². The number of benzene rings is 2. The molecule has 0 aliphatic heterocycles. The van der Waals surface area contributed by atoms with E-state index in [9.17, 15) is 0 Å². The fourth-order valence-corrected chi connectivity index (χ4v) is 2.96. The average molecular weight is 525 g/mol. The summed E-state index contributed by atoms with van der Waals surface area (Å²) in [5, 5.41) is 31.1. The maximum atomic E-state index is 9.10. The van der Waals surface area contributed by atoms with E-state index < -0.39 is 23.9 Å². The third-order valence-electron chi connectivity index (χ3n) is 4.76. The molecule has 0 unspecified atom stereocenters. The van der Waals surface area contributed by atoms with Crippen molar-refractivity contribution in [1.82, 2.24) is 0 Å². The third-order valence-corrected chi connectivity index (χ3v) is 4.76. The van der Waals surface area contributed by atoms with Gasteiger partial charge in [0.05, 0.1) is 0 Å². The Morgan fingerprint density at radius 3 is 1.47 bits per heavy atom. The van der Waals surface area contributed by atoms with Crippen LogP contribution in [0.3, 0.4) is 0 Å². The largest absolute Gasteiger partial charge is 0.539 e. The van der Waals surface area contributed by atoms with E-state index in [1.807, 2.05) is 0 Å². The van der Waals surface area contributed by atoms with Crippen molar-refractivity contribution < 1.29 is 44.2 Å². The number of carbonyl (C=O) groups is 4. The van der Waals surface area contributed by atoms with Crippen molar-refractivity contribution in [3.63, 3.8) is 0 Å². The second-order valence-electron chi connectivity index (χ2n) is 7.83. The summed E-state index contributed by atoms with van der Waals surface area (Å²) in [4.78, 5) is 38.3. The summed E-state index contributed by atoms with van der Waals surface area (Å²) in [6.45, 7) is 0. The molecule has 3 rings (SSSR count). The van der Waals surface area contributed by atoms with Gasteiger partial charge in [-0.15, -0.1) is 0 Å². The SMILES string of the molecule is C.CN(C)c1ccc(C(=C2C=CC(=[N+](C)C)C=C2)c2ccccc2)cc1.O=C(O)C(=O)O.O=C([O-])C(=O)O. The van der Waals surface area contributed by atoms with Gasteiger partial charge in [0.2, 0.25) is 0 Å². The molecule has 0 saturated carbocycles. The molecule has 0 saturated heterocycles. The van der Waals surface area contributed by atoms with Crippen LogP contribution in [0, 0.1) is 0 Å². The predicted molar refractivity (Wildman–Crippen MR) is 143 cm³/mol. The summed E-state index contributed by atoms with van der Waals surface area (Å²) in [5.41, 5.74) is 7.37. The quantitative estimate of drug-likeness (QED) is 0.403. The van der Waals surface area contributed by atoms with E-state index in [0.717, 1.165) is 0 Å². The minimum atomic E-state index is -2.07. The molecule has 0 amide bonds. The number of carbonyl (C=O) groups excluding carboxylic acids is 1. The summed E-state index contributed by atoms with van der Waals surface area (Å²) < 4.78 is 2.12. The molecule has 10 nitrogen and oxygen atoms in total. The van der Waals surface area contributed by atoms with Crippen molar-refractivity contribution in [2.75, 3.05) is 33.1 Å². The number of hydrogen-bond donors (Lipinski definition) is 3. The molecule has 2 aromatic rings. The summed E-state index contributed by atoms with van der Waals surface area (Å²) in [6.07, 6.45) is 8.76. The van der Waals surface area contributed by atoms with Crippen molar-refractivity contribution in [2.24, 2.45) is 0 Å². The van der Waals surface area contributed by atoms with E-state index in [1.165, 1.54) is 33.7 Å². The van der Waals surface area contributed by atoms with Crippen molar-refractivity contribution in [2.45, 2.75) is 7.43 Å². The standard InChI is InChI=1S/C23H25N2.2C2H2O4.CH4/c1-24(2)21-14-10-19(11-15-21)23(18-8-6-5-7-9-18)20-12-16-22(17-13-20)25(3)4;2*3-1(4)2(5)6;/h5-17H,1-4H3;2*(H,3,4)(H,5,6);1H4/q+1;;;/p-1. The summed E-state index contributed by atoms with van der Waals surface area (Å²) >= 11 is 0. The van der Waals surface area contributed by atoms with Crippen LogP contribution in [0.1, 0.15) is 18.6 Å². The zero-order chi connectivity index (χ0) is 28.1. The number of anilines is 1. The van der Waals surface area contributed by atoms with Gasteiger partial charge in [0.1, 0.15) is 14.1 Å². The Bertz CT molecular complexity index is 1190. The van der Waals surface area contributed by atoms with Gasteiger partial charge in [-0.05, 0) is 46.6 Å². The van der Waals surface area contributed by atoms with Gasteiger partial charge in [-0.25, -0.2) is 19.0 Å². The van der Waals surface area contributed by atoms with Crippen LogP contribution in [0.5, 0.6) is 0 Å². The predicted octanol–water partition coefficient (Wildman–Crippen LogP) is 2.01.